The van der Waals surface area contributed by atoms with Crippen LogP contribution in [0.15, 0.2) is 18.2 Å². The van der Waals surface area contributed by atoms with E-state index in [0.29, 0.717) is 0 Å². The van der Waals surface area contributed by atoms with Crippen LogP contribution in [0.2, 0.25) is 0 Å². The van der Waals surface area contributed by atoms with Gasteiger partial charge in [0.2, 0.25) is 0 Å². The van der Waals surface area contributed by atoms with Gasteiger partial charge >= 0.3 is 0 Å². The lowest BCUT2D eigenvalue weighted by molar-refractivity contribution is 0.329. The third-order valence-corrected chi connectivity index (χ3v) is 4.03. The van der Waals surface area contributed by atoms with Gasteiger partial charge in [0, 0.05) is 5.54 Å². The topological polar surface area (TPSA) is 26.0 Å². The maximum atomic E-state index is 6.51. The van der Waals surface area contributed by atoms with Gasteiger partial charge in [0.25, 0.3) is 0 Å². The van der Waals surface area contributed by atoms with Crippen molar-refractivity contribution in [2.75, 3.05) is 0 Å². The molecule has 0 radical (unpaired) electrons. The molecule has 96 valence electrons. The SMILES string of the molecule is CCC(CC)CC(C)(N)c1ccc(C)c(C)c1. The van der Waals surface area contributed by atoms with Crippen LogP contribution in [-0.4, -0.2) is 0 Å². The highest BCUT2D eigenvalue weighted by Gasteiger charge is 2.24. The summed E-state index contributed by atoms with van der Waals surface area (Å²) in [7, 11) is 0. The molecule has 1 aromatic carbocycles. The van der Waals surface area contributed by atoms with Crippen LogP contribution < -0.4 is 5.73 Å². The number of benzene rings is 1. The van der Waals surface area contributed by atoms with Crippen LogP contribution in [0.4, 0.5) is 0 Å². The van der Waals surface area contributed by atoms with Gasteiger partial charge in [-0.2, -0.15) is 0 Å². The molecular weight excluding hydrogens is 206 g/mol. The number of hydrogen-bond acceptors (Lipinski definition) is 1. The van der Waals surface area contributed by atoms with E-state index in [1.54, 1.807) is 0 Å². The van der Waals surface area contributed by atoms with Crippen molar-refractivity contribution in [1.82, 2.24) is 0 Å². The third-order valence-electron chi connectivity index (χ3n) is 4.03. The summed E-state index contributed by atoms with van der Waals surface area (Å²) >= 11 is 0. The summed E-state index contributed by atoms with van der Waals surface area (Å²) in [5, 5.41) is 0. The second kappa shape index (κ2) is 5.68. The minimum Gasteiger partial charge on any atom is -0.322 e. The summed E-state index contributed by atoms with van der Waals surface area (Å²) in [6.45, 7) is 11.0. The fraction of sp³-hybridized carbons (Fsp3) is 0.625. The molecule has 17 heavy (non-hydrogen) atoms. The Morgan fingerprint density at radius 2 is 1.71 bits per heavy atom. The average molecular weight is 233 g/mol. The molecule has 1 heteroatoms. The van der Waals surface area contributed by atoms with Crippen molar-refractivity contribution in [1.29, 1.82) is 0 Å². The summed E-state index contributed by atoms with van der Waals surface area (Å²) in [6, 6.07) is 6.62. The Labute approximate surface area is 106 Å². The zero-order chi connectivity index (χ0) is 13.1. The van der Waals surface area contributed by atoms with E-state index in [4.69, 9.17) is 5.73 Å². The Kier molecular flexibility index (Phi) is 4.76. The Hall–Kier alpha value is -0.820. The number of nitrogens with two attached hydrogens (primary N) is 1. The molecule has 1 unspecified atom stereocenters. The van der Waals surface area contributed by atoms with E-state index in [-0.39, 0.29) is 5.54 Å². The molecule has 1 atom stereocenters. The number of rotatable bonds is 5. The zero-order valence-corrected chi connectivity index (χ0v) is 12.0. The fourth-order valence-corrected chi connectivity index (χ4v) is 2.39. The van der Waals surface area contributed by atoms with Crippen LogP contribution in [0.3, 0.4) is 0 Å². The van der Waals surface area contributed by atoms with E-state index in [0.717, 1.165) is 12.3 Å². The van der Waals surface area contributed by atoms with Crippen LogP contribution in [0.5, 0.6) is 0 Å². The molecule has 1 aromatic rings. The Morgan fingerprint density at radius 3 is 2.18 bits per heavy atom. The Balaban J connectivity index is 2.91. The zero-order valence-electron chi connectivity index (χ0n) is 12.0. The first-order valence-corrected chi connectivity index (χ1v) is 6.77. The predicted molar refractivity (Wildman–Crippen MR) is 76.1 cm³/mol. The lowest BCUT2D eigenvalue weighted by Crippen LogP contribution is -2.35. The molecule has 0 amide bonds. The van der Waals surface area contributed by atoms with Crippen molar-refractivity contribution >= 4 is 0 Å². The van der Waals surface area contributed by atoms with Crippen LogP contribution in [0.1, 0.15) is 56.7 Å². The highest BCUT2D eigenvalue weighted by Crippen LogP contribution is 2.29. The molecule has 0 saturated heterocycles. The van der Waals surface area contributed by atoms with Crippen molar-refractivity contribution in [3.05, 3.63) is 34.9 Å². The maximum Gasteiger partial charge on any atom is 0.0383 e. The van der Waals surface area contributed by atoms with E-state index in [1.165, 1.54) is 29.5 Å². The standard InChI is InChI=1S/C16H27N/c1-6-14(7-2)11-16(5,17)15-9-8-12(3)13(4)10-15/h8-10,14H,6-7,11,17H2,1-5H3. The monoisotopic (exact) mass is 233 g/mol. The number of aryl methyl sites for hydroxylation is 2. The normalized spacial score (nSPS) is 15.0. The minimum absolute atomic E-state index is 0.199. The fourth-order valence-electron chi connectivity index (χ4n) is 2.39. The van der Waals surface area contributed by atoms with Crippen LogP contribution in [-0.2, 0) is 5.54 Å². The molecule has 0 aromatic heterocycles. The second-order valence-corrected chi connectivity index (χ2v) is 5.60. The van der Waals surface area contributed by atoms with Crippen molar-refractivity contribution in [3.63, 3.8) is 0 Å². The first kappa shape index (κ1) is 14.2. The molecule has 1 nitrogen and oxygen atoms in total. The van der Waals surface area contributed by atoms with Crippen LogP contribution >= 0.6 is 0 Å². The van der Waals surface area contributed by atoms with Gasteiger partial charge in [-0.05, 0) is 49.8 Å². The first-order valence-electron chi connectivity index (χ1n) is 6.77. The second-order valence-electron chi connectivity index (χ2n) is 5.60. The van der Waals surface area contributed by atoms with Crippen molar-refractivity contribution in [2.24, 2.45) is 11.7 Å². The molecule has 0 saturated carbocycles. The van der Waals surface area contributed by atoms with Gasteiger partial charge in [-0.3, -0.25) is 0 Å². The average Bonchev–Trinajstić information content (AvgIpc) is 2.29. The van der Waals surface area contributed by atoms with Crippen molar-refractivity contribution in [3.8, 4) is 0 Å². The van der Waals surface area contributed by atoms with Crippen LogP contribution in [0.25, 0.3) is 0 Å². The lowest BCUT2D eigenvalue weighted by Gasteiger charge is -2.30. The van der Waals surface area contributed by atoms with E-state index in [1.807, 2.05) is 0 Å². The van der Waals surface area contributed by atoms with Gasteiger partial charge < -0.3 is 5.73 Å². The summed E-state index contributed by atoms with van der Waals surface area (Å²) in [6.07, 6.45) is 3.50. The first-order chi connectivity index (χ1) is 7.90. The highest BCUT2D eigenvalue weighted by atomic mass is 14.7. The maximum absolute atomic E-state index is 6.51. The van der Waals surface area contributed by atoms with E-state index >= 15 is 0 Å². The van der Waals surface area contributed by atoms with E-state index < -0.39 is 0 Å². The molecule has 0 aliphatic carbocycles. The molecule has 0 bridgehead atoms. The lowest BCUT2D eigenvalue weighted by atomic mass is 9.81. The summed E-state index contributed by atoms with van der Waals surface area (Å²) < 4.78 is 0. The van der Waals surface area contributed by atoms with Gasteiger partial charge in [0.1, 0.15) is 0 Å². The number of hydrogen-bond donors (Lipinski definition) is 1. The van der Waals surface area contributed by atoms with E-state index in [2.05, 4.69) is 52.8 Å². The van der Waals surface area contributed by atoms with Crippen LogP contribution in [0, 0.1) is 19.8 Å². The van der Waals surface area contributed by atoms with Gasteiger partial charge in [0.05, 0.1) is 0 Å². The van der Waals surface area contributed by atoms with Gasteiger partial charge in [-0.25, -0.2) is 0 Å². The summed E-state index contributed by atoms with van der Waals surface area (Å²) in [4.78, 5) is 0. The largest absolute Gasteiger partial charge is 0.322 e. The smallest absolute Gasteiger partial charge is 0.0383 e. The predicted octanol–water partition coefficient (Wildman–Crippen LogP) is 4.30. The van der Waals surface area contributed by atoms with E-state index in [9.17, 15) is 0 Å². The molecular formula is C16H27N. The van der Waals surface area contributed by atoms with Gasteiger partial charge in [-0.15, -0.1) is 0 Å². The Morgan fingerprint density at radius 1 is 1.12 bits per heavy atom. The molecule has 2 N–H and O–H groups in total. The molecule has 0 fully saturated rings. The summed E-state index contributed by atoms with van der Waals surface area (Å²) in [5.41, 5.74) is 10.3. The van der Waals surface area contributed by atoms with Crippen molar-refractivity contribution in [2.45, 2.75) is 59.4 Å². The molecule has 0 aliphatic rings. The minimum atomic E-state index is -0.199. The third kappa shape index (κ3) is 3.57. The molecule has 0 aliphatic heterocycles. The molecule has 0 spiro atoms. The van der Waals surface area contributed by atoms with Crippen molar-refractivity contribution < 1.29 is 0 Å². The molecule has 0 heterocycles. The van der Waals surface area contributed by atoms with Gasteiger partial charge in [-0.1, -0.05) is 44.9 Å². The highest BCUT2D eigenvalue weighted by molar-refractivity contribution is 5.33. The van der Waals surface area contributed by atoms with Gasteiger partial charge in [0.15, 0.2) is 0 Å². The molecule has 1 rings (SSSR count). The summed E-state index contributed by atoms with van der Waals surface area (Å²) in [5.74, 6) is 0.728. The Bertz CT molecular complexity index is 362. The quantitative estimate of drug-likeness (QED) is 0.806.